The van der Waals surface area contributed by atoms with Crippen molar-refractivity contribution in [3.63, 3.8) is 0 Å². The van der Waals surface area contributed by atoms with Gasteiger partial charge in [-0.15, -0.1) is 0 Å². The van der Waals surface area contributed by atoms with Gasteiger partial charge < -0.3 is 5.73 Å². The Balaban J connectivity index is 2.89. The van der Waals surface area contributed by atoms with Gasteiger partial charge >= 0.3 is 0 Å². The Labute approximate surface area is 99.1 Å². The van der Waals surface area contributed by atoms with Crippen molar-refractivity contribution in [3.05, 3.63) is 0 Å². The molecule has 0 aliphatic carbocycles. The molecular weight excluding hydrogens is 224 g/mol. The van der Waals surface area contributed by atoms with E-state index in [0.29, 0.717) is 19.0 Å². The zero-order chi connectivity index (χ0) is 12.4. The first-order chi connectivity index (χ1) is 7.40. The molecule has 1 rings (SSSR count). The quantitative estimate of drug-likeness (QED) is 0.775. The fourth-order valence-corrected chi connectivity index (χ4v) is 4.83. The Hall–Kier alpha value is -0.130. The standard InChI is InChI=1S/C11H24N2O2S/c1-4-10(5-2)13(3)11(8-12)6-7-16(14,15)9-11/h10H,4-9,12H2,1-3H3. The molecule has 0 spiro atoms. The maximum absolute atomic E-state index is 11.6. The molecule has 1 unspecified atom stereocenters. The van der Waals surface area contributed by atoms with Gasteiger partial charge in [0.05, 0.1) is 11.5 Å². The molecule has 0 aromatic carbocycles. The molecular formula is C11H24N2O2S. The number of hydrogen-bond donors (Lipinski definition) is 1. The second-order valence-electron chi connectivity index (χ2n) is 4.85. The van der Waals surface area contributed by atoms with Crippen molar-refractivity contribution in [1.29, 1.82) is 0 Å². The minimum Gasteiger partial charge on any atom is -0.329 e. The lowest BCUT2D eigenvalue weighted by atomic mass is 9.94. The molecule has 16 heavy (non-hydrogen) atoms. The smallest absolute Gasteiger partial charge is 0.152 e. The molecule has 4 nitrogen and oxygen atoms in total. The first-order valence-electron chi connectivity index (χ1n) is 6.04. The van der Waals surface area contributed by atoms with Crippen LogP contribution in [0.1, 0.15) is 33.1 Å². The second kappa shape index (κ2) is 5.02. The first-order valence-corrected chi connectivity index (χ1v) is 7.86. The maximum Gasteiger partial charge on any atom is 0.152 e. The molecule has 1 aliphatic heterocycles. The minimum absolute atomic E-state index is 0.226. The zero-order valence-electron chi connectivity index (χ0n) is 10.6. The topological polar surface area (TPSA) is 63.4 Å². The Kier molecular flexibility index (Phi) is 4.37. The average molecular weight is 248 g/mol. The van der Waals surface area contributed by atoms with Gasteiger partial charge in [-0.25, -0.2) is 8.42 Å². The van der Waals surface area contributed by atoms with E-state index in [9.17, 15) is 8.42 Å². The number of hydrogen-bond acceptors (Lipinski definition) is 4. The van der Waals surface area contributed by atoms with Crippen LogP contribution in [-0.4, -0.2) is 50.0 Å². The van der Waals surface area contributed by atoms with Crippen LogP contribution < -0.4 is 5.73 Å². The Morgan fingerprint density at radius 3 is 2.25 bits per heavy atom. The van der Waals surface area contributed by atoms with Crippen LogP contribution in [0.15, 0.2) is 0 Å². The molecule has 1 saturated heterocycles. The molecule has 0 aromatic heterocycles. The Bertz CT molecular complexity index is 325. The van der Waals surface area contributed by atoms with Crippen molar-refractivity contribution >= 4 is 9.84 Å². The van der Waals surface area contributed by atoms with Crippen molar-refractivity contribution in [3.8, 4) is 0 Å². The predicted octanol–water partition coefficient (Wildman–Crippen LogP) is 0.623. The second-order valence-corrected chi connectivity index (χ2v) is 7.04. The molecule has 0 aromatic rings. The molecule has 0 saturated carbocycles. The highest BCUT2D eigenvalue weighted by atomic mass is 32.2. The van der Waals surface area contributed by atoms with Gasteiger partial charge in [0.1, 0.15) is 0 Å². The normalized spacial score (nSPS) is 29.1. The Morgan fingerprint density at radius 2 is 1.94 bits per heavy atom. The minimum atomic E-state index is -2.88. The number of sulfone groups is 1. The van der Waals surface area contributed by atoms with Crippen LogP contribution in [0.2, 0.25) is 0 Å². The highest BCUT2D eigenvalue weighted by Gasteiger charge is 2.45. The van der Waals surface area contributed by atoms with Crippen LogP contribution in [0, 0.1) is 0 Å². The fourth-order valence-electron chi connectivity index (χ4n) is 2.71. The summed E-state index contributed by atoms with van der Waals surface area (Å²) in [6.45, 7) is 4.70. The average Bonchev–Trinajstić information content (AvgIpc) is 2.57. The monoisotopic (exact) mass is 248 g/mol. The highest BCUT2D eigenvalue weighted by molar-refractivity contribution is 7.91. The van der Waals surface area contributed by atoms with E-state index in [1.165, 1.54) is 0 Å². The van der Waals surface area contributed by atoms with Crippen molar-refractivity contribution in [1.82, 2.24) is 4.90 Å². The van der Waals surface area contributed by atoms with E-state index >= 15 is 0 Å². The summed E-state index contributed by atoms with van der Waals surface area (Å²) in [5, 5.41) is 0. The van der Waals surface area contributed by atoms with Gasteiger partial charge in [-0.05, 0) is 26.3 Å². The van der Waals surface area contributed by atoms with Crippen molar-refractivity contribution < 1.29 is 8.42 Å². The molecule has 0 bridgehead atoms. The van der Waals surface area contributed by atoms with Crippen LogP contribution in [0.4, 0.5) is 0 Å². The molecule has 1 atom stereocenters. The van der Waals surface area contributed by atoms with Gasteiger partial charge in [0.2, 0.25) is 0 Å². The molecule has 0 amide bonds. The molecule has 5 heteroatoms. The fraction of sp³-hybridized carbons (Fsp3) is 1.00. The SMILES string of the molecule is CCC(CC)N(C)C1(CN)CCS(=O)(=O)C1. The van der Waals surface area contributed by atoms with Gasteiger partial charge in [0.25, 0.3) is 0 Å². The van der Waals surface area contributed by atoms with Crippen molar-refractivity contribution in [2.75, 3.05) is 25.1 Å². The van der Waals surface area contributed by atoms with E-state index in [1.807, 2.05) is 7.05 Å². The van der Waals surface area contributed by atoms with E-state index in [0.717, 1.165) is 12.8 Å². The first kappa shape index (κ1) is 13.9. The van der Waals surface area contributed by atoms with Crippen LogP contribution in [0.3, 0.4) is 0 Å². The third-order valence-corrected chi connectivity index (χ3v) is 5.79. The summed E-state index contributed by atoms with van der Waals surface area (Å²) in [7, 11) is -0.863. The number of likely N-dealkylation sites (N-methyl/N-ethyl adjacent to an activating group) is 1. The van der Waals surface area contributed by atoms with E-state index in [1.54, 1.807) is 0 Å². The van der Waals surface area contributed by atoms with E-state index < -0.39 is 9.84 Å². The summed E-state index contributed by atoms with van der Waals surface area (Å²) in [5.74, 6) is 0.512. The van der Waals surface area contributed by atoms with Gasteiger partial charge in [-0.3, -0.25) is 4.90 Å². The summed E-state index contributed by atoms with van der Waals surface area (Å²) in [6.07, 6.45) is 2.75. The maximum atomic E-state index is 11.6. The summed E-state index contributed by atoms with van der Waals surface area (Å²) in [6, 6.07) is 0.428. The van der Waals surface area contributed by atoms with Crippen LogP contribution in [-0.2, 0) is 9.84 Å². The lowest BCUT2D eigenvalue weighted by Gasteiger charge is -2.41. The third kappa shape index (κ3) is 2.57. The van der Waals surface area contributed by atoms with Crippen LogP contribution >= 0.6 is 0 Å². The molecule has 96 valence electrons. The number of nitrogens with two attached hydrogens (primary N) is 1. The summed E-state index contributed by atoms with van der Waals surface area (Å²) < 4.78 is 23.3. The lowest BCUT2D eigenvalue weighted by Crippen LogP contribution is -2.56. The van der Waals surface area contributed by atoms with Crippen LogP contribution in [0.5, 0.6) is 0 Å². The van der Waals surface area contributed by atoms with Crippen LogP contribution in [0.25, 0.3) is 0 Å². The van der Waals surface area contributed by atoms with Gasteiger partial charge in [0, 0.05) is 18.1 Å². The zero-order valence-corrected chi connectivity index (χ0v) is 11.4. The molecule has 1 fully saturated rings. The molecule has 0 radical (unpaired) electrons. The number of rotatable bonds is 5. The number of nitrogens with zero attached hydrogens (tertiary/aromatic N) is 1. The summed E-state index contributed by atoms with van der Waals surface area (Å²) >= 11 is 0. The van der Waals surface area contributed by atoms with E-state index in [4.69, 9.17) is 5.73 Å². The third-order valence-electron chi connectivity index (χ3n) is 3.99. The van der Waals surface area contributed by atoms with E-state index in [-0.39, 0.29) is 17.0 Å². The summed E-state index contributed by atoms with van der Waals surface area (Å²) in [5.41, 5.74) is 5.51. The highest BCUT2D eigenvalue weighted by Crippen LogP contribution is 2.30. The van der Waals surface area contributed by atoms with E-state index in [2.05, 4.69) is 18.7 Å². The van der Waals surface area contributed by atoms with Gasteiger partial charge in [-0.2, -0.15) is 0 Å². The molecule has 2 N–H and O–H groups in total. The predicted molar refractivity (Wildman–Crippen MR) is 67.2 cm³/mol. The lowest BCUT2D eigenvalue weighted by molar-refractivity contribution is 0.0922. The van der Waals surface area contributed by atoms with Crippen molar-refractivity contribution in [2.24, 2.45) is 5.73 Å². The molecule has 1 aliphatic rings. The van der Waals surface area contributed by atoms with Gasteiger partial charge in [-0.1, -0.05) is 13.8 Å². The van der Waals surface area contributed by atoms with Gasteiger partial charge in [0.15, 0.2) is 9.84 Å². The largest absolute Gasteiger partial charge is 0.329 e. The Morgan fingerprint density at radius 1 is 1.38 bits per heavy atom. The molecule has 1 heterocycles. The van der Waals surface area contributed by atoms with Crippen molar-refractivity contribution in [2.45, 2.75) is 44.7 Å². The summed E-state index contributed by atoms with van der Waals surface area (Å²) in [4.78, 5) is 2.21.